The van der Waals surface area contributed by atoms with Crippen LogP contribution in [0.1, 0.15) is 58.4 Å². The largest absolute Gasteiger partial charge is 0.325 e. The zero-order valence-corrected chi connectivity index (χ0v) is 15.0. The third kappa shape index (κ3) is 4.32. The molecule has 0 spiro atoms. The number of rotatable bonds is 7. The first-order valence-electron chi connectivity index (χ1n) is 8.18. The van der Waals surface area contributed by atoms with Crippen LogP contribution in [0, 0.1) is 5.92 Å². The van der Waals surface area contributed by atoms with Crippen LogP contribution in [0.5, 0.6) is 0 Å². The van der Waals surface area contributed by atoms with E-state index in [1.165, 1.54) is 0 Å². The smallest absolute Gasteiger partial charge is 0.240 e. The standard InChI is InChI=1S/C17H26N2O3S/c1-11(2)6-5-7-12(3)19-23(21,22)14-8-9-16-15(10-14)13(4)17(20)18-16/h8-13,19H,5-7H2,1-4H3,(H,18,20)/t12-,13-/m1/s1. The van der Waals surface area contributed by atoms with Gasteiger partial charge in [0.2, 0.25) is 15.9 Å². The molecule has 0 radical (unpaired) electrons. The van der Waals surface area contributed by atoms with E-state index >= 15 is 0 Å². The first-order valence-corrected chi connectivity index (χ1v) is 9.66. The Kier molecular flexibility index (Phi) is 5.47. The molecule has 2 atom stereocenters. The lowest BCUT2D eigenvalue weighted by molar-refractivity contribution is -0.116. The van der Waals surface area contributed by atoms with E-state index in [4.69, 9.17) is 0 Å². The lowest BCUT2D eigenvalue weighted by atomic mass is 10.0. The van der Waals surface area contributed by atoms with E-state index in [0.717, 1.165) is 24.8 Å². The lowest BCUT2D eigenvalue weighted by Gasteiger charge is -2.15. The summed E-state index contributed by atoms with van der Waals surface area (Å²) in [6.07, 6.45) is 2.91. The van der Waals surface area contributed by atoms with Gasteiger partial charge >= 0.3 is 0 Å². The van der Waals surface area contributed by atoms with Crippen molar-refractivity contribution in [1.82, 2.24) is 4.72 Å². The molecule has 1 aromatic rings. The maximum absolute atomic E-state index is 12.5. The topological polar surface area (TPSA) is 75.3 Å². The summed E-state index contributed by atoms with van der Waals surface area (Å²) in [5.74, 6) is 0.218. The quantitative estimate of drug-likeness (QED) is 0.801. The number of anilines is 1. The molecule has 0 aromatic heterocycles. The first-order chi connectivity index (χ1) is 10.7. The summed E-state index contributed by atoms with van der Waals surface area (Å²) in [5.41, 5.74) is 1.44. The zero-order chi connectivity index (χ0) is 17.2. The van der Waals surface area contributed by atoms with E-state index in [0.29, 0.717) is 11.6 Å². The summed E-state index contributed by atoms with van der Waals surface area (Å²) in [5, 5.41) is 2.75. The Morgan fingerprint density at radius 1 is 1.22 bits per heavy atom. The Hall–Kier alpha value is -1.40. The van der Waals surface area contributed by atoms with Gasteiger partial charge in [-0.3, -0.25) is 4.79 Å². The van der Waals surface area contributed by atoms with Crippen molar-refractivity contribution in [3.63, 3.8) is 0 Å². The van der Waals surface area contributed by atoms with Crippen molar-refractivity contribution in [2.24, 2.45) is 5.92 Å². The molecule has 0 saturated heterocycles. The molecular weight excluding hydrogens is 312 g/mol. The third-order valence-corrected chi connectivity index (χ3v) is 5.81. The van der Waals surface area contributed by atoms with Crippen LogP contribution < -0.4 is 10.0 Å². The highest BCUT2D eigenvalue weighted by molar-refractivity contribution is 7.89. The number of amides is 1. The number of nitrogens with one attached hydrogen (secondary N) is 2. The van der Waals surface area contributed by atoms with Gasteiger partial charge in [-0.25, -0.2) is 13.1 Å². The van der Waals surface area contributed by atoms with Crippen molar-refractivity contribution in [2.75, 3.05) is 5.32 Å². The number of hydrogen-bond acceptors (Lipinski definition) is 3. The fraction of sp³-hybridized carbons (Fsp3) is 0.588. The molecule has 0 fully saturated rings. The van der Waals surface area contributed by atoms with Crippen LogP contribution in [0.2, 0.25) is 0 Å². The predicted octanol–water partition coefficient (Wildman–Crippen LogP) is 3.24. The van der Waals surface area contributed by atoms with Gasteiger partial charge in [0.1, 0.15) is 0 Å². The van der Waals surface area contributed by atoms with Gasteiger partial charge in [0.15, 0.2) is 0 Å². The molecule has 1 heterocycles. The van der Waals surface area contributed by atoms with E-state index in [1.54, 1.807) is 25.1 Å². The highest BCUT2D eigenvalue weighted by Crippen LogP contribution is 2.33. The average molecular weight is 338 g/mol. The van der Waals surface area contributed by atoms with Crippen molar-refractivity contribution in [3.05, 3.63) is 23.8 Å². The van der Waals surface area contributed by atoms with Crippen molar-refractivity contribution < 1.29 is 13.2 Å². The number of sulfonamides is 1. The van der Waals surface area contributed by atoms with Crippen molar-refractivity contribution >= 4 is 21.6 Å². The van der Waals surface area contributed by atoms with Gasteiger partial charge in [-0.1, -0.05) is 26.7 Å². The first kappa shape index (κ1) is 17.9. The maximum Gasteiger partial charge on any atom is 0.240 e. The van der Waals surface area contributed by atoms with Gasteiger partial charge in [-0.15, -0.1) is 0 Å². The Morgan fingerprint density at radius 3 is 2.57 bits per heavy atom. The number of benzene rings is 1. The van der Waals surface area contributed by atoms with Crippen molar-refractivity contribution in [2.45, 2.75) is 63.8 Å². The van der Waals surface area contributed by atoms with Crippen LogP contribution in [0.4, 0.5) is 5.69 Å². The second kappa shape index (κ2) is 7.01. The SMILES string of the molecule is CC(C)CCC[C@@H](C)NS(=O)(=O)c1ccc2c(c1)[C@@H](C)C(=O)N2. The molecule has 1 aliphatic heterocycles. The molecule has 0 bridgehead atoms. The molecular formula is C17H26N2O3S. The zero-order valence-electron chi connectivity index (χ0n) is 14.2. The molecule has 1 aliphatic rings. The van der Waals surface area contributed by atoms with Crippen LogP contribution in [-0.4, -0.2) is 20.4 Å². The highest BCUT2D eigenvalue weighted by atomic mass is 32.2. The number of hydrogen-bond donors (Lipinski definition) is 2. The Labute approximate surface area is 138 Å². The Morgan fingerprint density at radius 2 is 1.91 bits per heavy atom. The minimum Gasteiger partial charge on any atom is -0.325 e. The molecule has 1 aromatic carbocycles. The lowest BCUT2D eigenvalue weighted by Crippen LogP contribution is -2.32. The van der Waals surface area contributed by atoms with Crippen LogP contribution >= 0.6 is 0 Å². The summed E-state index contributed by atoms with van der Waals surface area (Å²) >= 11 is 0. The van der Waals surface area contributed by atoms with Crippen LogP contribution in [-0.2, 0) is 14.8 Å². The van der Waals surface area contributed by atoms with E-state index in [9.17, 15) is 13.2 Å². The Balaban J connectivity index is 2.07. The number of fused-ring (bicyclic) bond motifs is 1. The molecule has 128 valence electrons. The summed E-state index contributed by atoms with van der Waals surface area (Å²) in [4.78, 5) is 11.9. The molecule has 1 amide bonds. The summed E-state index contributed by atoms with van der Waals surface area (Å²) in [6, 6.07) is 4.69. The van der Waals surface area contributed by atoms with Gasteiger partial charge in [-0.05, 0) is 49.9 Å². The van der Waals surface area contributed by atoms with Crippen LogP contribution in [0.15, 0.2) is 23.1 Å². The normalized spacial score (nSPS) is 18.8. The molecule has 0 unspecified atom stereocenters. The number of carbonyl (C=O) groups is 1. The molecule has 5 nitrogen and oxygen atoms in total. The third-order valence-electron chi connectivity index (χ3n) is 4.23. The van der Waals surface area contributed by atoms with Gasteiger partial charge in [0.25, 0.3) is 0 Å². The predicted molar refractivity (Wildman–Crippen MR) is 92.0 cm³/mol. The molecule has 0 aliphatic carbocycles. The van der Waals surface area contributed by atoms with Crippen LogP contribution in [0.3, 0.4) is 0 Å². The van der Waals surface area contributed by atoms with E-state index in [-0.39, 0.29) is 22.8 Å². The van der Waals surface area contributed by atoms with Crippen LogP contribution in [0.25, 0.3) is 0 Å². The molecule has 6 heteroatoms. The second-order valence-corrected chi connectivity index (χ2v) is 8.52. The van der Waals surface area contributed by atoms with Gasteiger partial charge < -0.3 is 5.32 Å². The summed E-state index contributed by atoms with van der Waals surface area (Å²) in [6.45, 7) is 7.99. The van der Waals surface area contributed by atoms with E-state index < -0.39 is 10.0 Å². The Bertz CT molecular complexity index is 683. The van der Waals surface area contributed by atoms with E-state index in [2.05, 4.69) is 23.9 Å². The fourth-order valence-corrected chi connectivity index (χ4v) is 4.10. The summed E-state index contributed by atoms with van der Waals surface area (Å²) < 4.78 is 27.8. The van der Waals surface area contributed by atoms with Crippen molar-refractivity contribution in [3.8, 4) is 0 Å². The maximum atomic E-state index is 12.5. The van der Waals surface area contributed by atoms with Gasteiger partial charge in [-0.2, -0.15) is 0 Å². The van der Waals surface area contributed by atoms with Crippen molar-refractivity contribution in [1.29, 1.82) is 0 Å². The second-order valence-electron chi connectivity index (χ2n) is 6.81. The monoisotopic (exact) mass is 338 g/mol. The summed E-state index contributed by atoms with van der Waals surface area (Å²) in [7, 11) is -3.56. The number of carbonyl (C=O) groups excluding carboxylic acids is 1. The molecule has 0 saturated carbocycles. The fourth-order valence-electron chi connectivity index (χ4n) is 2.79. The molecule has 2 N–H and O–H groups in total. The minimum atomic E-state index is -3.56. The molecule has 23 heavy (non-hydrogen) atoms. The van der Waals surface area contributed by atoms with Gasteiger partial charge in [0.05, 0.1) is 10.8 Å². The van der Waals surface area contributed by atoms with E-state index in [1.807, 2.05) is 6.92 Å². The highest BCUT2D eigenvalue weighted by Gasteiger charge is 2.28. The minimum absolute atomic E-state index is 0.0930. The average Bonchev–Trinajstić information content (AvgIpc) is 2.73. The molecule has 2 rings (SSSR count). The van der Waals surface area contributed by atoms with Gasteiger partial charge in [0, 0.05) is 11.7 Å².